The maximum Gasteiger partial charge on any atom is 0.272 e. The van der Waals surface area contributed by atoms with E-state index in [1.54, 1.807) is 32.0 Å². The van der Waals surface area contributed by atoms with Gasteiger partial charge in [0.25, 0.3) is 5.91 Å². The lowest BCUT2D eigenvalue weighted by Gasteiger charge is -2.27. The first-order valence-electron chi connectivity index (χ1n) is 15.8. The van der Waals surface area contributed by atoms with Gasteiger partial charge in [0.2, 0.25) is 23.6 Å². The Bertz CT molecular complexity index is 1540. The first-order valence-corrected chi connectivity index (χ1v) is 15.8. The Morgan fingerprint density at radius 1 is 0.936 bits per heavy atom. The molecule has 47 heavy (non-hydrogen) atoms. The molecule has 5 amide bonds. The van der Waals surface area contributed by atoms with Gasteiger partial charge in [0.15, 0.2) is 5.82 Å². The smallest absolute Gasteiger partial charge is 0.272 e. The fourth-order valence-electron chi connectivity index (χ4n) is 5.26. The predicted octanol–water partition coefficient (Wildman–Crippen LogP) is 1.08. The highest BCUT2D eigenvalue weighted by atomic mass is 16.2. The Morgan fingerprint density at radius 2 is 1.68 bits per heavy atom. The van der Waals surface area contributed by atoms with Gasteiger partial charge in [0, 0.05) is 38.7 Å². The van der Waals surface area contributed by atoms with E-state index in [0.717, 1.165) is 5.56 Å². The Morgan fingerprint density at radius 3 is 2.38 bits per heavy atom. The fourth-order valence-corrected chi connectivity index (χ4v) is 5.26. The molecule has 0 radical (unpaired) electrons. The van der Waals surface area contributed by atoms with Crippen LogP contribution in [0.15, 0.2) is 54.7 Å². The molecule has 4 rings (SSSR count). The van der Waals surface area contributed by atoms with Crippen LogP contribution in [-0.2, 0) is 32.1 Å². The van der Waals surface area contributed by atoms with Crippen LogP contribution in [0.1, 0.15) is 67.4 Å². The molecule has 3 heterocycles. The molecule has 0 saturated heterocycles. The molecule has 0 fully saturated rings. The molecule has 0 spiro atoms. The standard InChI is InChI=1S/C33H43N9O5/c1-21(2)29-30-37-23(4)40-42(30)20-28(44)35-16-18-41(33(47)25-13-8-9-15-34-25)17-10-14-27(43)36-22(3)31(45)38-26(32(46)39-29)19-24-11-6-5-7-12-24/h5-9,11-13,15,21-22,26,29H,10,14,16-20H2,1-4H3,(H,35,44)(H,36,43)(H,38,45)(H,39,46)/t22-,26+,29-/m0/s1. The van der Waals surface area contributed by atoms with E-state index in [1.165, 1.54) is 15.8 Å². The van der Waals surface area contributed by atoms with Crippen LogP contribution >= 0.6 is 0 Å². The number of fused-ring (bicyclic) bond motifs is 1. The normalized spacial score (nSPS) is 20.8. The van der Waals surface area contributed by atoms with E-state index in [4.69, 9.17) is 0 Å². The van der Waals surface area contributed by atoms with E-state index in [2.05, 4.69) is 36.3 Å². The number of carbonyl (C=O) groups excluding carboxylic acids is 5. The number of hydrogen-bond donors (Lipinski definition) is 4. The molecule has 14 heteroatoms. The molecule has 1 aliphatic rings. The molecule has 4 N–H and O–H groups in total. The van der Waals surface area contributed by atoms with Crippen molar-refractivity contribution in [1.29, 1.82) is 0 Å². The summed E-state index contributed by atoms with van der Waals surface area (Å²) in [7, 11) is 0. The fraction of sp³-hybridized carbons (Fsp3) is 0.455. The number of aromatic nitrogens is 4. The number of nitrogens with zero attached hydrogens (tertiary/aromatic N) is 5. The van der Waals surface area contributed by atoms with Crippen LogP contribution in [0.2, 0.25) is 0 Å². The third-order valence-electron chi connectivity index (χ3n) is 7.74. The van der Waals surface area contributed by atoms with Crippen LogP contribution in [0.5, 0.6) is 0 Å². The molecule has 0 bridgehead atoms. The second kappa shape index (κ2) is 16.4. The van der Waals surface area contributed by atoms with Gasteiger partial charge >= 0.3 is 0 Å². The third kappa shape index (κ3) is 9.92. The van der Waals surface area contributed by atoms with Crippen molar-refractivity contribution in [2.75, 3.05) is 19.6 Å². The zero-order valence-electron chi connectivity index (χ0n) is 27.2. The van der Waals surface area contributed by atoms with Crippen LogP contribution in [0.4, 0.5) is 0 Å². The van der Waals surface area contributed by atoms with Crippen molar-refractivity contribution in [2.45, 2.75) is 71.6 Å². The summed E-state index contributed by atoms with van der Waals surface area (Å²) in [5.74, 6) is -1.35. The second-order valence-corrected chi connectivity index (χ2v) is 11.9. The van der Waals surface area contributed by atoms with Gasteiger partial charge in [0.1, 0.15) is 30.1 Å². The summed E-state index contributed by atoms with van der Waals surface area (Å²) in [6.07, 6.45) is 2.09. The molecule has 14 nitrogen and oxygen atoms in total. The van der Waals surface area contributed by atoms with Gasteiger partial charge < -0.3 is 26.2 Å². The van der Waals surface area contributed by atoms with Crippen molar-refractivity contribution in [3.05, 3.63) is 77.6 Å². The van der Waals surface area contributed by atoms with Crippen LogP contribution in [0, 0.1) is 12.8 Å². The molecule has 1 aromatic carbocycles. The topological polar surface area (TPSA) is 180 Å². The van der Waals surface area contributed by atoms with Gasteiger partial charge in [-0.25, -0.2) is 9.67 Å². The maximum absolute atomic E-state index is 13.8. The third-order valence-corrected chi connectivity index (χ3v) is 7.74. The minimum Gasteiger partial charge on any atom is -0.353 e. The van der Waals surface area contributed by atoms with Gasteiger partial charge in [0.05, 0.1) is 6.04 Å². The van der Waals surface area contributed by atoms with E-state index in [1.807, 2.05) is 44.2 Å². The van der Waals surface area contributed by atoms with Crippen molar-refractivity contribution >= 4 is 29.5 Å². The summed E-state index contributed by atoms with van der Waals surface area (Å²) >= 11 is 0. The Balaban J connectivity index is 1.62. The molecule has 3 aromatic rings. The summed E-state index contributed by atoms with van der Waals surface area (Å²) in [5.41, 5.74) is 1.08. The van der Waals surface area contributed by atoms with Gasteiger partial charge in [-0.05, 0) is 43.9 Å². The quantitative estimate of drug-likeness (QED) is 0.325. The van der Waals surface area contributed by atoms with Gasteiger partial charge in [-0.2, -0.15) is 5.10 Å². The molecule has 250 valence electrons. The van der Waals surface area contributed by atoms with Crippen LogP contribution in [-0.4, -0.2) is 85.9 Å². The zero-order chi connectivity index (χ0) is 33.9. The number of rotatable bonds is 4. The lowest BCUT2D eigenvalue weighted by molar-refractivity contribution is -0.132. The minimum atomic E-state index is -0.969. The largest absolute Gasteiger partial charge is 0.353 e. The highest BCUT2D eigenvalue weighted by Crippen LogP contribution is 2.21. The zero-order valence-corrected chi connectivity index (χ0v) is 27.2. The average Bonchev–Trinajstić information content (AvgIpc) is 3.41. The van der Waals surface area contributed by atoms with E-state index < -0.39 is 29.9 Å². The summed E-state index contributed by atoms with van der Waals surface area (Å²) in [6, 6.07) is 11.8. The summed E-state index contributed by atoms with van der Waals surface area (Å²) in [6.45, 7) is 7.47. The number of carbonyl (C=O) groups is 5. The van der Waals surface area contributed by atoms with Crippen molar-refractivity contribution in [1.82, 2.24) is 45.9 Å². The highest BCUT2D eigenvalue weighted by Gasteiger charge is 2.31. The molecular weight excluding hydrogens is 602 g/mol. The lowest BCUT2D eigenvalue weighted by atomic mass is 10.0. The predicted molar refractivity (Wildman–Crippen MR) is 173 cm³/mol. The Labute approximate surface area is 274 Å². The number of nitrogens with one attached hydrogen (secondary N) is 4. The summed E-state index contributed by atoms with van der Waals surface area (Å²) in [4.78, 5) is 76.5. The van der Waals surface area contributed by atoms with Crippen molar-refractivity contribution in [2.24, 2.45) is 5.92 Å². The SMILES string of the molecule is Cc1nc2n(n1)CC(=O)NCCN(C(=O)c1ccccn1)CCCC(=O)N[C@@H](C)C(=O)N[C@H](Cc1ccccc1)C(=O)N[C@H]2C(C)C. The van der Waals surface area contributed by atoms with E-state index in [0.29, 0.717) is 18.1 Å². The van der Waals surface area contributed by atoms with Crippen LogP contribution in [0.25, 0.3) is 0 Å². The maximum atomic E-state index is 13.8. The summed E-state index contributed by atoms with van der Waals surface area (Å²) in [5, 5.41) is 15.8. The molecule has 2 aromatic heterocycles. The van der Waals surface area contributed by atoms with E-state index in [9.17, 15) is 24.0 Å². The molecule has 3 atom stereocenters. The first-order chi connectivity index (χ1) is 22.5. The van der Waals surface area contributed by atoms with E-state index >= 15 is 0 Å². The number of aryl methyl sites for hydroxylation is 1. The van der Waals surface area contributed by atoms with Crippen LogP contribution < -0.4 is 21.3 Å². The highest BCUT2D eigenvalue weighted by molar-refractivity contribution is 5.93. The van der Waals surface area contributed by atoms with Gasteiger partial charge in [-0.15, -0.1) is 0 Å². The summed E-state index contributed by atoms with van der Waals surface area (Å²) < 4.78 is 1.47. The van der Waals surface area contributed by atoms with Crippen molar-refractivity contribution in [3.8, 4) is 0 Å². The second-order valence-electron chi connectivity index (χ2n) is 11.9. The lowest BCUT2D eigenvalue weighted by Crippen LogP contribution is -2.54. The molecular formula is C33H43N9O5. The first kappa shape index (κ1) is 34.7. The van der Waals surface area contributed by atoms with Crippen molar-refractivity contribution in [3.63, 3.8) is 0 Å². The molecule has 0 unspecified atom stereocenters. The number of benzene rings is 1. The Hall–Kier alpha value is -5.14. The number of hydrogen-bond acceptors (Lipinski definition) is 8. The average molecular weight is 646 g/mol. The van der Waals surface area contributed by atoms with Gasteiger partial charge in [-0.1, -0.05) is 50.2 Å². The van der Waals surface area contributed by atoms with Crippen molar-refractivity contribution < 1.29 is 24.0 Å². The van der Waals surface area contributed by atoms with E-state index in [-0.39, 0.29) is 68.4 Å². The minimum absolute atomic E-state index is 0.0500. The molecule has 0 saturated carbocycles. The molecule has 1 aliphatic heterocycles. The Kier molecular flexibility index (Phi) is 12.1. The number of pyridine rings is 1. The van der Waals surface area contributed by atoms with Gasteiger partial charge in [-0.3, -0.25) is 29.0 Å². The van der Waals surface area contributed by atoms with Crippen LogP contribution in [0.3, 0.4) is 0 Å². The monoisotopic (exact) mass is 645 g/mol. The molecule has 0 aliphatic carbocycles. The number of amides is 5.